The molecule has 0 aliphatic heterocycles. The van der Waals surface area contributed by atoms with E-state index in [0.717, 1.165) is 23.3 Å². The van der Waals surface area contributed by atoms with Crippen LogP contribution in [0.2, 0.25) is 0 Å². The van der Waals surface area contributed by atoms with Gasteiger partial charge in [-0.2, -0.15) is 0 Å². The van der Waals surface area contributed by atoms with Crippen LogP contribution in [0.4, 0.5) is 0 Å². The molecule has 1 rings (SSSR count). The maximum atomic E-state index is 11.7. The Morgan fingerprint density at radius 1 is 1.35 bits per heavy atom. The van der Waals surface area contributed by atoms with Crippen LogP contribution in [0.15, 0.2) is 29.2 Å². The summed E-state index contributed by atoms with van der Waals surface area (Å²) in [5, 5.41) is 3.02. The lowest BCUT2D eigenvalue weighted by atomic mass is 10.1. The van der Waals surface area contributed by atoms with Crippen LogP contribution in [-0.2, 0) is 11.2 Å². The molecule has 0 aromatic heterocycles. The third-order valence-corrected chi connectivity index (χ3v) is 3.00. The van der Waals surface area contributed by atoms with E-state index in [1.165, 1.54) is 6.42 Å². The van der Waals surface area contributed by atoms with E-state index in [1.54, 1.807) is 0 Å². The molecule has 0 saturated heterocycles. The molecule has 2 nitrogen and oxygen atoms in total. The first-order valence-corrected chi connectivity index (χ1v) is 6.63. The van der Waals surface area contributed by atoms with Crippen molar-refractivity contribution in [1.82, 2.24) is 5.32 Å². The Hall–Kier alpha value is -0.960. The van der Waals surface area contributed by atoms with E-state index >= 15 is 0 Å². The molecule has 0 aliphatic carbocycles. The Balaban J connectivity index is 2.36. The number of amides is 1. The number of nitrogens with one attached hydrogen (secondary N) is 1. The highest BCUT2D eigenvalue weighted by molar-refractivity contribution is 7.80. The number of thiol groups is 1. The molecule has 0 radical (unpaired) electrons. The van der Waals surface area contributed by atoms with Gasteiger partial charge in [0, 0.05) is 10.9 Å². The number of carbonyl (C=O) groups excluding carboxylic acids is 1. The minimum atomic E-state index is 0.0977. The third-order valence-electron chi connectivity index (χ3n) is 2.70. The van der Waals surface area contributed by atoms with Gasteiger partial charge in [0.05, 0.1) is 6.42 Å². The monoisotopic (exact) mass is 251 g/mol. The SMILES string of the molecule is CCCCC(C)NC(=O)Cc1ccc(S)cc1. The van der Waals surface area contributed by atoms with Crippen molar-refractivity contribution in [1.29, 1.82) is 0 Å². The molecule has 0 heterocycles. The summed E-state index contributed by atoms with van der Waals surface area (Å²) in [6, 6.07) is 7.97. The van der Waals surface area contributed by atoms with Gasteiger partial charge in [-0.15, -0.1) is 12.6 Å². The molecule has 94 valence electrons. The Morgan fingerprint density at radius 3 is 2.59 bits per heavy atom. The molecule has 1 amide bonds. The van der Waals surface area contributed by atoms with Crippen molar-refractivity contribution in [3.63, 3.8) is 0 Å². The van der Waals surface area contributed by atoms with Crippen molar-refractivity contribution in [2.75, 3.05) is 0 Å². The van der Waals surface area contributed by atoms with Crippen LogP contribution in [0.25, 0.3) is 0 Å². The molecule has 0 spiro atoms. The fourth-order valence-electron chi connectivity index (χ4n) is 1.71. The highest BCUT2D eigenvalue weighted by Gasteiger charge is 2.07. The second kappa shape index (κ2) is 7.38. The van der Waals surface area contributed by atoms with Crippen LogP contribution in [0.5, 0.6) is 0 Å². The quantitative estimate of drug-likeness (QED) is 0.747. The van der Waals surface area contributed by atoms with E-state index in [2.05, 4.69) is 31.8 Å². The third kappa shape index (κ3) is 5.78. The number of hydrogen-bond donors (Lipinski definition) is 2. The van der Waals surface area contributed by atoms with Crippen LogP contribution in [0, 0.1) is 0 Å². The number of rotatable bonds is 6. The van der Waals surface area contributed by atoms with Gasteiger partial charge >= 0.3 is 0 Å². The fourth-order valence-corrected chi connectivity index (χ4v) is 1.86. The molecular formula is C14H21NOS. The Labute approximate surface area is 109 Å². The predicted molar refractivity (Wildman–Crippen MR) is 74.5 cm³/mol. The Kier molecular flexibility index (Phi) is 6.12. The molecule has 0 fully saturated rings. The number of unbranched alkanes of at least 4 members (excludes halogenated alkanes) is 1. The average molecular weight is 251 g/mol. The van der Waals surface area contributed by atoms with Crippen molar-refractivity contribution in [3.05, 3.63) is 29.8 Å². The molecule has 0 aliphatic rings. The molecule has 3 heteroatoms. The van der Waals surface area contributed by atoms with Crippen molar-refractivity contribution >= 4 is 18.5 Å². The van der Waals surface area contributed by atoms with E-state index in [0.29, 0.717) is 6.42 Å². The fraction of sp³-hybridized carbons (Fsp3) is 0.500. The summed E-state index contributed by atoms with van der Waals surface area (Å²) in [5.74, 6) is 0.0977. The highest BCUT2D eigenvalue weighted by Crippen LogP contribution is 2.08. The first-order valence-electron chi connectivity index (χ1n) is 6.19. The van der Waals surface area contributed by atoms with Crippen molar-refractivity contribution in [2.45, 2.75) is 50.5 Å². The molecule has 0 saturated carbocycles. The topological polar surface area (TPSA) is 29.1 Å². The van der Waals surface area contributed by atoms with Gasteiger partial charge in [0.15, 0.2) is 0 Å². The smallest absolute Gasteiger partial charge is 0.224 e. The number of hydrogen-bond acceptors (Lipinski definition) is 2. The van der Waals surface area contributed by atoms with Crippen LogP contribution < -0.4 is 5.32 Å². The Bertz CT molecular complexity index is 348. The van der Waals surface area contributed by atoms with E-state index in [1.807, 2.05) is 24.3 Å². The highest BCUT2D eigenvalue weighted by atomic mass is 32.1. The molecule has 1 aromatic rings. The first-order chi connectivity index (χ1) is 8.11. The van der Waals surface area contributed by atoms with Gasteiger partial charge in [0.25, 0.3) is 0 Å². The zero-order chi connectivity index (χ0) is 12.7. The van der Waals surface area contributed by atoms with E-state index < -0.39 is 0 Å². The molecule has 0 bridgehead atoms. The van der Waals surface area contributed by atoms with Gasteiger partial charge in [-0.05, 0) is 31.0 Å². The van der Waals surface area contributed by atoms with Gasteiger partial charge in [-0.25, -0.2) is 0 Å². The summed E-state index contributed by atoms with van der Waals surface area (Å²) in [6.45, 7) is 4.22. The van der Waals surface area contributed by atoms with Gasteiger partial charge in [-0.3, -0.25) is 4.79 Å². The second-order valence-electron chi connectivity index (χ2n) is 4.45. The lowest BCUT2D eigenvalue weighted by Crippen LogP contribution is -2.33. The van der Waals surface area contributed by atoms with Gasteiger partial charge in [0.1, 0.15) is 0 Å². The summed E-state index contributed by atoms with van der Waals surface area (Å²) < 4.78 is 0. The molecule has 17 heavy (non-hydrogen) atoms. The number of carbonyl (C=O) groups is 1. The minimum absolute atomic E-state index is 0.0977. The summed E-state index contributed by atoms with van der Waals surface area (Å²) in [4.78, 5) is 12.7. The van der Waals surface area contributed by atoms with Crippen molar-refractivity contribution in [2.24, 2.45) is 0 Å². The molecule has 1 aromatic carbocycles. The maximum Gasteiger partial charge on any atom is 0.224 e. The first kappa shape index (κ1) is 14.1. The van der Waals surface area contributed by atoms with Gasteiger partial charge in [-0.1, -0.05) is 31.9 Å². The number of benzene rings is 1. The van der Waals surface area contributed by atoms with Crippen molar-refractivity contribution < 1.29 is 4.79 Å². The van der Waals surface area contributed by atoms with Crippen LogP contribution in [-0.4, -0.2) is 11.9 Å². The molecule has 1 unspecified atom stereocenters. The normalized spacial score (nSPS) is 12.2. The molecule has 1 N–H and O–H groups in total. The summed E-state index contributed by atoms with van der Waals surface area (Å²) in [7, 11) is 0. The van der Waals surface area contributed by atoms with Crippen LogP contribution in [0.1, 0.15) is 38.7 Å². The average Bonchev–Trinajstić information content (AvgIpc) is 2.29. The maximum absolute atomic E-state index is 11.7. The Morgan fingerprint density at radius 2 is 2.00 bits per heavy atom. The van der Waals surface area contributed by atoms with E-state index in [4.69, 9.17) is 0 Å². The molecule has 1 atom stereocenters. The van der Waals surface area contributed by atoms with E-state index in [-0.39, 0.29) is 11.9 Å². The largest absolute Gasteiger partial charge is 0.353 e. The van der Waals surface area contributed by atoms with Gasteiger partial charge in [0.2, 0.25) is 5.91 Å². The lowest BCUT2D eigenvalue weighted by Gasteiger charge is -2.13. The standard InChI is InChI=1S/C14H21NOS/c1-3-4-5-11(2)15-14(16)10-12-6-8-13(17)9-7-12/h6-9,11,17H,3-5,10H2,1-2H3,(H,15,16). The van der Waals surface area contributed by atoms with Crippen LogP contribution in [0.3, 0.4) is 0 Å². The molecular weight excluding hydrogens is 230 g/mol. The van der Waals surface area contributed by atoms with Crippen molar-refractivity contribution in [3.8, 4) is 0 Å². The van der Waals surface area contributed by atoms with Gasteiger partial charge < -0.3 is 5.32 Å². The summed E-state index contributed by atoms with van der Waals surface area (Å²) >= 11 is 4.22. The zero-order valence-corrected chi connectivity index (χ0v) is 11.5. The minimum Gasteiger partial charge on any atom is -0.353 e. The predicted octanol–water partition coefficient (Wildman–Crippen LogP) is 3.21. The van der Waals surface area contributed by atoms with Crippen LogP contribution >= 0.6 is 12.6 Å². The van der Waals surface area contributed by atoms with E-state index in [9.17, 15) is 4.79 Å². The summed E-state index contributed by atoms with van der Waals surface area (Å²) in [5.41, 5.74) is 1.03. The lowest BCUT2D eigenvalue weighted by molar-refractivity contribution is -0.121. The second-order valence-corrected chi connectivity index (χ2v) is 4.97. The summed E-state index contributed by atoms with van der Waals surface area (Å²) in [6.07, 6.45) is 3.84. The zero-order valence-electron chi connectivity index (χ0n) is 10.6.